The van der Waals surface area contributed by atoms with E-state index in [0.717, 1.165) is 54.2 Å². The van der Waals surface area contributed by atoms with Gasteiger partial charge in [0.1, 0.15) is 0 Å². The lowest BCUT2D eigenvalue weighted by Crippen LogP contribution is -2.99. The molecular formula is C34H18N2O6. The fourth-order valence-corrected chi connectivity index (χ4v) is 7.21. The molecule has 0 radical (unpaired) electrons. The van der Waals surface area contributed by atoms with Crippen molar-refractivity contribution in [3.8, 4) is 22.3 Å². The van der Waals surface area contributed by atoms with Crippen molar-refractivity contribution in [1.29, 1.82) is 0 Å². The summed E-state index contributed by atoms with van der Waals surface area (Å²) < 4.78 is 0. The topological polar surface area (TPSA) is 130 Å². The van der Waals surface area contributed by atoms with Gasteiger partial charge in [-0.3, -0.25) is 9.59 Å². The highest BCUT2D eigenvalue weighted by atomic mass is 16.8. The molecule has 8 nitrogen and oxygen atoms in total. The molecule has 2 atom stereocenters. The van der Waals surface area contributed by atoms with E-state index in [9.17, 15) is 30.4 Å². The first kappa shape index (κ1) is 23.6. The van der Waals surface area contributed by atoms with Crippen molar-refractivity contribution in [2.75, 3.05) is 0 Å². The molecule has 0 amide bonds. The van der Waals surface area contributed by atoms with Gasteiger partial charge in [-0.2, -0.15) is 10.5 Å². The van der Waals surface area contributed by atoms with Crippen LogP contribution in [-0.2, 0) is 0 Å². The van der Waals surface area contributed by atoms with Gasteiger partial charge in [0, 0.05) is 57.3 Å². The first-order valence-electron chi connectivity index (χ1n) is 13.4. The van der Waals surface area contributed by atoms with Gasteiger partial charge < -0.3 is 10.4 Å². The van der Waals surface area contributed by atoms with E-state index < -0.39 is 10.5 Å². The lowest BCUT2D eigenvalue weighted by atomic mass is 9.76. The van der Waals surface area contributed by atoms with Crippen LogP contribution in [0.5, 0.6) is 0 Å². The average molecular weight is 551 g/mol. The van der Waals surface area contributed by atoms with Crippen molar-refractivity contribution >= 4 is 66.0 Å². The molecule has 200 valence electrons. The van der Waals surface area contributed by atoms with Crippen LogP contribution in [0.25, 0.3) is 65.3 Å². The summed E-state index contributed by atoms with van der Waals surface area (Å²) in [6.45, 7) is 0. The van der Waals surface area contributed by atoms with Crippen molar-refractivity contribution in [3.05, 3.63) is 118 Å². The van der Waals surface area contributed by atoms with Crippen molar-refractivity contribution in [1.82, 2.24) is 0 Å². The molecule has 2 aliphatic carbocycles. The zero-order valence-corrected chi connectivity index (χ0v) is 21.6. The van der Waals surface area contributed by atoms with Gasteiger partial charge in [-0.05, 0) is 78.8 Å². The molecule has 0 saturated heterocycles. The lowest BCUT2D eigenvalue weighted by Gasteiger charge is -2.26. The Labute approximate surface area is 236 Å². The molecule has 0 heterocycles. The Hall–Kier alpha value is -5.06. The van der Waals surface area contributed by atoms with E-state index in [2.05, 4.69) is 0 Å². The van der Waals surface area contributed by atoms with E-state index in [4.69, 9.17) is 0 Å². The summed E-state index contributed by atoms with van der Waals surface area (Å²) in [7, 11) is 0. The monoisotopic (exact) mass is 550 g/mol. The van der Waals surface area contributed by atoms with Crippen LogP contribution < -0.4 is 10.5 Å². The first-order chi connectivity index (χ1) is 20.3. The molecule has 0 aliphatic heterocycles. The fraction of sp³-hybridized carbons (Fsp3) is 0. The van der Waals surface area contributed by atoms with Gasteiger partial charge in [0.05, 0.1) is 0 Å². The third kappa shape index (κ3) is 2.75. The van der Waals surface area contributed by atoms with Crippen molar-refractivity contribution < 1.29 is 30.5 Å². The SMILES string of the molecule is O=C1c2cc([NH+]([O-])O)ccc2-c2ccc3c4ccc5c6c(ccc(c7ccc1c2c73)c64)C(=O)c1cc([NH+]([O-])O)ccc1-5. The van der Waals surface area contributed by atoms with Crippen molar-refractivity contribution in [2.45, 2.75) is 0 Å². The summed E-state index contributed by atoms with van der Waals surface area (Å²) >= 11 is 0. The predicted molar refractivity (Wildman–Crippen MR) is 157 cm³/mol. The molecule has 42 heavy (non-hydrogen) atoms. The minimum Gasteiger partial charge on any atom is -0.595 e. The molecule has 0 saturated carbocycles. The number of fused-ring (bicyclic) bond motifs is 6. The summed E-state index contributed by atoms with van der Waals surface area (Å²) in [5.74, 6) is -0.411. The molecule has 0 spiro atoms. The van der Waals surface area contributed by atoms with Crippen LogP contribution in [0, 0.1) is 10.4 Å². The minimum atomic E-state index is -1.08. The normalized spacial score (nSPS) is 15.0. The minimum absolute atomic E-state index is 0.0695. The Morgan fingerprint density at radius 1 is 0.405 bits per heavy atom. The van der Waals surface area contributed by atoms with E-state index >= 15 is 0 Å². The quantitative estimate of drug-likeness (QED) is 0.137. The van der Waals surface area contributed by atoms with Crippen LogP contribution in [-0.4, -0.2) is 22.0 Å². The summed E-state index contributed by atoms with van der Waals surface area (Å²) in [5.41, 5.74) is 5.14. The highest BCUT2D eigenvalue weighted by Crippen LogP contribution is 2.50. The molecule has 2 aliphatic rings. The number of benzene rings is 7. The predicted octanol–water partition coefficient (Wildman–Crippen LogP) is 4.97. The van der Waals surface area contributed by atoms with E-state index in [1.54, 1.807) is 12.1 Å². The molecule has 2 unspecified atom stereocenters. The van der Waals surface area contributed by atoms with Crippen LogP contribution in [0.15, 0.2) is 84.9 Å². The third-order valence-electron chi connectivity index (χ3n) is 8.99. The number of quaternary nitrogens is 2. The van der Waals surface area contributed by atoms with Crippen molar-refractivity contribution in [3.63, 3.8) is 0 Å². The second kappa shape index (κ2) is 7.81. The largest absolute Gasteiger partial charge is 0.595 e. The first-order valence-corrected chi connectivity index (χ1v) is 13.4. The lowest BCUT2D eigenvalue weighted by molar-refractivity contribution is -0.991. The Morgan fingerprint density at radius 3 is 1.10 bits per heavy atom. The summed E-state index contributed by atoms with van der Waals surface area (Å²) in [5, 5.41) is 47.5. The highest BCUT2D eigenvalue weighted by Gasteiger charge is 2.31. The molecule has 9 rings (SSSR count). The average Bonchev–Trinajstić information content (AvgIpc) is 3.01. The van der Waals surface area contributed by atoms with E-state index in [-0.39, 0.29) is 22.9 Å². The second-order valence-electron chi connectivity index (χ2n) is 10.9. The number of hydrogen-bond donors (Lipinski definition) is 4. The maximum Gasteiger partial charge on any atom is 0.194 e. The Balaban J connectivity index is 1.40. The van der Waals surface area contributed by atoms with Gasteiger partial charge in [0.25, 0.3) is 0 Å². The van der Waals surface area contributed by atoms with Gasteiger partial charge in [-0.15, -0.1) is 0 Å². The van der Waals surface area contributed by atoms with Crippen LogP contribution in [0.2, 0.25) is 0 Å². The van der Waals surface area contributed by atoms with Gasteiger partial charge in [-0.25, -0.2) is 10.4 Å². The molecule has 8 heteroatoms. The number of carbonyl (C=O) groups excluding carboxylic acids is 2. The molecule has 0 fully saturated rings. The van der Waals surface area contributed by atoms with Gasteiger partial charge in [-0.1, -0.05) is 36.4 Å². The molecule has 7 aromatic carbocycles. The van der Waals surface area contributed by atoms with E-state index in [1.807, 2.05) is 48.5 Å². The zero-order valence-electron chi connectivity index (χ0n) is 21.6. The summed E-state index contributed by atoms with van der Waals surface area (Å²) in [6.07, 6.45) is 0. The molecular weight excluding hydrogens is 532 g/mol. The Kier molecular flexibility index (Phi) is 4.39. The third-order valence-corrected chi connectivity index (χ3v) is 8.99. The number of ketones is 2. The maximum absolute atomic E-state index is 13.7. The Morgan fingerprint density at radius 2 is 0.738 bits per heavy atom. The maximum atomic E-state index is 13.7. The second-order valence-corrected chi connectivity index (χ2v) is 10.9. The fourth-order valence-electron chi connectivity index (χ4n) is 7.21. The Bertz CT molecular complexity index is 2220. The number of rotatable bonds is 2. The smallest absolute Gasteiger partial charge is 0.194 e. The number of nitrogens with one attached hydrogen (secondary N) is 2. The zero-order chi connectivity index (χ0) is 28.6. The van der Waals surface area contributed by atoms with Gasteiger partial charge in [0.15, 0.2) is 22.9 Å². The highest BCUT2D eigenvalue weighted by molar-refractivity contribution is 6.41. The molecule has 7 aromatic rings. The van der Waals surface area contributed by atoms with Crippen LogP contribution >= 0.6 is 0 Å². The summed E-state index contributed by atoms with van der Waals surface area (Å²) in [6, 6.07) is 25.0. The number of carbonyl (C=O) groups is 2. The number of hydrogen-bond acceptors (Lipinski definition) is 6. The molecule has 0 bridgehead atoms. The van der Waals surface area contributed by atoms with Crippen LogP contribution in [0.4, 0.5) is 11.4 Å². The van der Waals surface area contributed by atoms with E-state index in [0.29, 0.717) is 33.4 Å². The summed E-state index contributed by atoms with van der Waals surface area (Å²) in [4.78, 5) is 27.4. The van der Waals surface area contributed by atoms with Crippen molar-refractivity contribution in [2.24, 2.45) is 0 Å². The van der Waals surface area contributed by atoms with Gasteiger partial charge >= 0.3 is 0 Å². The molecule has 0 aromatic heterocycles. The molecule has 4 N–H and O–H groups in total. The van der Waals surface area contributed by atoms with Crippen LogP contribution in [0.3, 0.4) is 0 Å². The van der Waals surface area contributed by atoms with E-state index in [1.165, 1.54) is 24.3 Å². The standard InChI is InChI=1S/C34H18N2O6/c37-33-25-11-9-23-24-10-12-26-32-20(18-4-2-16(36(41)42)14-28(18)34(26)38)6-8-22(30(24)32)21-7-5-19(31(25)29(21)23)17-3-1-15(35(39)40)13-27(17)33/h1-14,35-36,39,41H. The van der Waals surface area contributed by atoms with Crippen LogP contribution in [0.1, 0.15) is 31.8 Å². The van der Waals surface area contributed by atoms with Gasteiger partial charge in [0.2, 0.25) is 0 Å².